The fraction of sp³-hybridized carbons (Fsp3) is 0.857. The number of rotatable bonds is 10. The van der Waals surface area contributed by atoms with Crippen LogP contribution in [0.5, 0.6) is 0 Å². The normalized spacial score (nSPS) is 13.1. The summed E-state index contributed by atoms with van der Waals surface area (Å²) in [6.07, 6.45) is 3.78. The topological polar surface area (TPSA) is 60.2 Å². The molecule has 1 aromatic heterocycles. The molecule has 0 aliphatic rings. The Bertz CT molecular complexity index is 333. The first kappa shape index (κ1) is 16.1. The minimum Gasteiger partial charge on any atom is -0.370 e. The quantitative estimate of drug-likeness (QED) is 0.662. The summed E-state index contributed by atoms with van der Waals surface area (Å²) < 4.78 is 10.9. The molecule has 1 rings (SSSR count). The predicted octanol–water partition coefficient (Wildman–Crippen LogP) is 2.88. The molecule has 0 fully saturated rings. The summed E-state index contributed by atoms with van der Waals surface area (Å²) in [6.45, 7) is 10.0. The number of ether oxygens (including phenoxy) is 1. The van der Waals surface area contributed by atoms with Crippen molar-refractivity contribution in [1.29, 1.82) is 0 Å². The summed E-state index contributed by atoms with van der Waals surface area (Å²) in [5, 5.41) is 7.41. The van der Waals surface area contributed by atoms with Crippen molar-refractivity contribution in [3.8, 4) is 0 Å². The molecule has 110 valence electrons. The molecule has 19 heavy (non-hydrogen) atoms. The Labute approximate surface area is 116 Å². The zero-order chi connectivity index (χ0) is 14.1. The molecule has 0 aliphatic heterocycles. The largest absolute Gasteiger partial charge is 0.370 e. The Morgan fingerprint density at radius 2 is 2.11 bits per heavy atom. The molecule has 0 amide bonds. The third kappa shape index (κ3) is 6.16. The average Bonchev–Trinajstić information content (AvgIpc) is 2.83. The molecule has 5 heteroatoms. The van der Waals surface area contributed by atoms with Crippen LogP contribution in [0.4, 0.5) is 0 Å². The number of aromatic nitrogens is 2. The smallest absolute Gasteiger partial charge is 0.226 e. The highest BCUT2D eigenvalue weighted by Crippen LogP contribution is 2.20. The van der Waals surface area contributed by atoms with Gasteiger partial charge in [-0.3, -0.25) is 0 Å². The maximum Gasteiger partial charge on any atom is 0.226 e. The van der Waals surface area contributed by atoms with E-state index in [0.29, 0.717) is 24.4 Å². The van der Waals surface area contributed by atoms with E-state index in [-0.39, 0.29) is 6.10 Å². The van der Waals surface area contributed by atoms with Gasteiger partial charge < -0.3 is 14.6 Å². The minimum absolute atomic E-state index is 0.0266. The van der Waals surface area contributed by atoms with E-state index in [1.54, 1.807) is 0 Å². The van der Waals surface area contributed by atoms with E-state index in [9.17, 15) is 0 Å². The van der Waals surface area contributed by atoms with Crippen LogP contribution >= 0.6 is 0 Å². The van der Waals surface area contributed by atoms with E-state index in [1.165, 1.54) is 0 Å². The lowest BCUT2D eigenvalue weighted by atomic mass is 10.2. The Hall–Kier alpha value is -0.940. The number of nitrogens with one attached hydrogen (secondary N) is 1. The van der Waals surface area contributed by atoms with Crippen molar-refractivity contribution in [2.24, 2.45) is 0 Å². The molecule has 1 unspecified atom stereocenters. The van der Waals surface area contributed by atoms with Crippen molar-refractivity contribution < 1.29 is 9.26 Å². The van der Waals surface area contributed by atoms with Crippen molar-refractivity contribution in [2.75, 3.05) is 13.2 Å². The molecule has 5 nitrogen and oxygen atoms in total. The molecule has 1 atom stereocenters. The van der Waals surface area contributed by atoms with Gasteiger partial charge in [0.05, 0.1) is 0 Å². The van der Waals surface area contributed by atoms with E-state index in [0.717, 1.165) is 32.2 Å². The fourth-order valence-corrected chi connectivity index (χ4v) is 1.88. The van der Waals surface area contributed by atoms with E-state index < -0.39 is 0 Å². The Morgan fingerprint density at radius 1 is 1.32 bits per heavy atom. The number of hydrogen-bond acceptors (Lipinski definition) is 5. The fourth-order valence-electron chi connectivity index (χ4n) is 1.88. The zero-order valence-electron chi connectivity index (χ0n) is 12.6. The lowest BCUT2D eigenvalue weighted by Crippen LogP contribution is -2.23. The maximum absolute atomic E-state index is 5.64. The predicted molar refractivity (Wildman–Crippen MR) is 75.0 cm³/mol. The van der Waals surface area contributed by atoms with E-state index in [4.69, 9.17) is 9.26 Å². The van der Waals surface area contributed by atoms with Gasteiger partial charge in [-0.15, -0.1) is 0 Å². The summed E-state index contributed by atoms with van der Waals surface area (Å²) in [4.78, 5) is 4.43. The molecule has 0 radical (unpaired) electrons. The first-order valence-corrected chi connectivity index (χ1v) is 7.34. The first-order chi connectivity index (χ1) is 9.17. The molecule has 1 N–H and O–H groups in total. The summed E-state index contributed by atoms with van der Waals surface area (Å²) in [5.74, 6) is 1.40. The SMILES string of the molecule is CCCC(OCC)c1noc(CCCNC(C)C)n1. The van der Waals surface area contributed by atoms with Gasteiger partial charge in [-0.25, -0.2) is 0 Å². The van der Waals surface area contributed by atoms with Crippen LogP contribution in [-0.2, 0) is 11.2 Å². The summed E-state index contributed by atoms with van der Waals surface area (Å²) in [5.41, 5.74) is 0. The zero-order valence-corrected chi connectivity index (χ0v) is 12.6. The lowest BCUT2D eigenvalue weighted by molar-refractivity contribution is 0.0478. The van der Waals surface area contributed by atoms with Gasteiger partial charge in [-0.2, -0.15) is 4.98 Å². The van der Waals surface area contributed by atoms with Gasteiger partial charge in [0.1, 0.15) is 6.10 Å². The van der Waals surface area contributed by atoms with Gasteiger partial charge in [0, 0.05) is 19.1 Å². The second-order valence-corrected chi connectivity index (χ2v) is 4.99. The molecule has 0 saturated carbocycles. The van der Waals surface area contributed by atoms with Gasteiger partial charge in [0.25, 0.3) is 0 Å². The minimum atomic E-state index is -0.0266. The van der Waals surface area contributed by atoms with Crippen molar-refractivity contribution in [1.82, 2.24) is 15.5 Å². The van der Waals surface area contributed by atoms with Crippen LogP contribution in [0.1, 0.15) is 64.8 Å². The van der Waals surface area contributed by atoms with Crippen LogP contribution in [0.15, 0.2) is 4.52 Å². The van der Waals surface area contributed by atoms with Crippen molar-refractivity contribution in [3.05, 3.63) is 11.7 Å². The van der Waals surface area contributed by atoms with E-state index in [1.807, 2.05) is 6.92 Å². The van der Waals surface area contributed by atoms with Crippen molar-refractivity contribution in [3.63, 3.8) is 0 Å². The molecule has 0 bridgehead atoms. The highest BCUT2D eigenvalue weighted by Gasteiger charge is 2.17. The number of aryl methyl sites for hydroxylation is 1. The molecule has 0 aromatic carbocycles. The number of hydrogen-bond donors (Lipinski definition) is 1. The van der Waals surface area contributed by atoms with Crippen molar-refractivity contribution in [2.45, 2.75) is 65.5 Å². The van der Waals surface area contributed by atoms with Gasteiger partial charge in [-0.1, -0.05) is 32.3 Å². The van der Waals surface area contributed by atoms with Gasteiger partial charge >= 0.3 is 0 Å². The summed E-state index contributed by atoms with van der Waals surface area (Å²) in [6, 6.07) is 0.519. The van der Waals surface area contributed by atoms with Gasteiger partial charge in [0.15, 0.2) is 0 Å². The maximum atomic E-state index is 5.64. The van der Waals surface area contributed by atoms with Crippen LogP contribution < -0.4 is 5.32 Å². The van der Waals surface area contributed by atoms with Crippen LogP contribution in [0, 0.1) is 0 Å². The van der Waals surface area contributed by atoms with Crippen LogP contribution in [-0.4, -0.2) is 29.3 Å². The average molecular weight is 269 g/mol. The second-order valence-electron chi connectivity index (χ2n) is 4.99. The number of nitrogens with zero attached hydrogens (tertiary/aromatic N) is 2. The van der Waals surface area contributed by atoms with Crippen LogP contribution in [0.3, 0.4) is 0 Å². The molecule has 0 spiro atoms. The van der Waals surface area contributed by atoms with Crippen molar-refractivity contribution >= 4 is 0 Å². The van der Waals surface area contributed by atoms with Crippen LogP contribution in [0.2, 0.25) is 0 Å². The third-order valence-electron chi connectivity index (χ3n) is 2.81. The van der Waals surface area contributed by atoms with E-state index in [2.05, 4.69) is 36.2 Å². The Balaban J connectivity index is 2.41. The Morgan fingerprint density at radius 3 is 2.74 bits per heavy atom. The van der Waals surface area contributed by atoms with E-state index >= 15 is 0 Å². The standard InChI is InChI=1S/C14H27N3O2/c1-5-8-12(18-6-2)14-16-13(19-17-14)9-7-10-15-11(3)4/h11-12,15H,5-10H2,1-4H3. The lowest BCUT2D eigenvalue weighted by Gasteiger charge is -2.11. The second kappa shape index (κ2) is 9.04. The van der Waals surface area contributed by atoms with Gasteiger partial charge in [-0.05, 0) is 26.3 Å². The molecule has 1 heterocycles. The highest BCUT2D eigenvalue weighted by molar-refractivity contribution is 4.91. The summed E-state index contributed by atoms with van der Waals surface area (Å²) in [7, 11) is 0. The molecule has 0 aliphatic carbocycles. The first-order valence-electron chi connectivity index (χ1n) is 7.34. The molecular weight excluding hydrogens is 242 g/mol. The monoisotopic (exact) mass is 269 g/mol. The molecule has 0 saturated heterocycles. The molecular formula is C14H27N3O2. The Kier molecular flexibility index (Phi) is 7.67. The van der Waals surface area contributed by atoms with Gasteiger partial charge in [0.2, 0.25) is 11.7 Å². The molecule has 1 aromatic rings. The highest BCUT2D eigenvalue weighted by atomic mass is 16.5. The third-order valence-corrected chi connectivity index (χ3v) is 2.81. The summed E-state index contributed by atoms with van der Waals surface area (Å²) >= 11 is 0. The van der Waals surface area contributed by atoms with Crippen LogP contribution in [0.25, 0.3) is 0 Å².